The summed E-state index contributed by atoms with van der Waals surface area (Å²) in [7, 11) is 0. The Balaban J connectivity index is 2.31. The van der Waals surface area contributed by atoms with Gasteiger partial charge in [0.15, 0.2) is 0 Å². The van der Waals surface area contributed by atoms with Crippen molar-refractivity contribution >= 4 is 11.8 Å². The molecule has 14 heavy (non-hydrogen) atoms. The van der Waals surface area contributed by atoms with Crippen LogP contribution in [0.2, 0.25) is 0 Å². The Morgan fingerprint density at radius 1 is 1.50 bits per heavy atom. The van der Waals surface area contributed by atoms with Crippen LogP contribution in [-0.4, -0.2) is 24.3 Å². The van der Waals surface area contributed by atoms with E-state index in [-0.39, 0.29) is 13.2 Å². The van der Waals surface area contributed by atoms with E-state index in [1.54, 1.807) is 12.3 Å². The van der Waals surface area contributed by atoms with Crippen molar-refractivity contribution in [2.75, 3.05) is 18.9 Å². The van der Waals surface area contributed by atoms with Crippen molar-refractivity contribution < 1.29 is 14.3 Å². The number of aromatic nitrogens is 1. The predicted molar refractivity (Wildman–Crippen MR) is 49.7 cm³/mol. The SMILES string of the molecule is NC(=O)OCCOc1ccncc1N. The molecular weight excluding hydrogens is 186 g/mol. The molecule has 6 nitrogen and oxygen atoms in total. The molecule has 0 radical (unpaired) electrons. The molecule has 0 unspecified atom stereocenters. The Labute approximate surface area is 80.8 Å². The van der Waals surface area contributed by atoms with E-state index in [0.717, 1.165) is 0 Å². The van der Waals surface area contributed by atoms with Crippen LogP contribution in [-0.2, 0) is 4.74 Å². The van der Waals surface area contributed by atoms with Gasteiger partial charge < -0.3 is 20.9 Å². The number of hydrogen-bond donors (Lipinski definition) is 2. The number of nitrogens with two attached hydrogens (primary N) is 2. The van der Waals surface area contributed by atoms with Crippen LogP contribution in [0, 0.1) is 0 Å². The minimum Gasteiger partial charge on any atom is -0.488 e. The molecule has 6 heteroatoms. The number of pyridine rings is 1. The summed E-state index contributed by atoms with van der Waals surface area (Å²) in [6.07, 6.45) is 2.21. The summed E-state index contributed by atoms with van der Waals surface area (Å²) in [6, 6.07) is 1.62. The van der Waals surface area contributed by atoms with Crippen LogP contribution in [0.25, 0.3) is 0 Å². The average Bonchev–Trinajstić information content (AvgIpc) is 2.15. The number of nitrogens with zero attached hydrogens (tertiary/aromatic N) is 1. The molecule has 0 spiro atoms. The molecule has 0 aliphatic heterocycles. The molecule has 0 atom stereocenters. The third-order valence-corrected chi connectivity index (χ3v) is 1.40. The molecule has 0 fully saturated rings. The molecule has 1 amide bonds. The highest BCUT2D eigenvalue weighted by Crippen LogP contribution is 2.17. The van der Waals surface area contributed by atoms with Crippen molar-refractivity contribution in [3.63, 3.8) is 0 Å². The number of amides is 1. The topological polar surface area (TPSA) is 100 Å². The first-order valence-electron chi connectivity index (χ1n) is 3.94. The van der Waals surface area contributed by atoms with Gasteiger partial charge in [0.2, 0.25) is 0 Å². The Bertz CT molecular complexity index is 316. The van der Waals surface area contributed by atoms with Gasteiger partial charge in [-0.1, -0.05) is 0 Å². The first-order chi connectivity index (χ1) is 6.70. The maximum absolute atomic E-state index is 10.2. The number of nitrogen functional groups attached to an aromatic ring is 1. The van der Waals surface area contributed by atoms with Crippen molar-refractivity contribution in [3.8, 4) is 5.75 Å². The molecule has 4 N–H and O–H groups in total. The van der Waals surface area contributed by atoms with E-state index in [1.165, 1.54) is 6.20 Å². The van der Waals surface area contributed by atoms with Gasteiger partial charge in [0.05, 0.1) is 11.9 Å². The van der Waals surface area contributed by atoms with Gasteiger partial charge in [0.1, 0.15) is 19.0 Å². The molecule has 1 aromatic rings. The summed E-state index contributed by atoms with van der Waals surface area (Å²) in [5.41, 5.74) is 10.7. The predicted octanol–water partition coefficient (Wildman–Crippen LogP) is 0.138. The molecule has 76 valence electrons. The molecule has 1 heterocycles. The molecule has 0 aliphatic rings. The first kappa shape index (κ1) is 10.1. The van der Waals surface area contributed by atoms with Gasteiger partial charge in [-0.05, 0) is 0 Å². The zero-order chi connectivity index (χ0) is 10.4. The average molecular weight is 197 g/mol. The van der Waals surface area contributed by atoms with Gasteiger partial charge in [0, 0.05) is 12.3 Å². The van der Waals surface area contributed by atoms with Crippen LogP contribution in [0.5, 0.6) is 5.75 Å². The molecule has 0 bridgehead atoms. The molecule has 0 saturated carbocycles. The minimum atomic E-state index is -0.823. The number of carbonyl (C=O) groups excluding carboxylic acids is 1. The lowest BCUT2D eigenvalue weighted by Crippen LogP contribution is -2.17. The second-order valence-corrected chi connectivity index (χ2v) is 2.43. The number of carbonyl (C=O) groups is 1. The fraction of sp³-hybridized carbons (Fsp3) is 0.250. The normalized spacial score (nSPS) is 9.43. The van der Waals surface area contributed by atoms with Gasteiger partial charge >= 0.3 is 6.09 Å². The highest BCUT2D eigenvalue weighted by Gasteiger charge is 1.99. The molecule has 0 aromatic carbocycles. The molecule has 1 rings (SSSR count). The summed E-state index contributed by atoms with van der Waals surface area (Å²) >= 11 is 0. The van der Waals surface area contributed by atoms with E-state index in [4.69, 9.17) is 16.2 Å². The van der Waals surface area contributed by atoms with Crippen molar-refractivity contribution in [2.24, 2.45) is 5.73 Å². The van der Waals surface area contributed by atoms with Crippen molar-refractivity contribution in [3.05, 3.63) is 18.5 Å². The van der Waals surface area contributed by atoms with Gasteiger partial charge in [-0.2, -0.15) is 0 Å². The molecule has 0 saturated heterocycles. The maximum Gasteiger partial charge on any atom is 0.404 e. The first-order valence-corrected chi connectivity index (χ1v) is 3.94. The fourth-order valence-electron chi connectivity index (χ4n) is 0.819. The maximum atomic E-state index is 10.2. The number of rotatable bonds is 4. The van der Waals surface area contributed by atoms with Crippen molar-refractivity contribution in [1.82, 2.24) is 4.98 Å². The van der Waals surface area contributed by atoms with Crippen molar-refractivity contribution in [2.45, 2.75) is 0 Å². The van der Waals surface area contributed by atoms with Crippen LogP contribution < -0.4 is 16.2 Å². The van der Waals surface area contributed by atoms with Crippen molar-refractivity contribution in [1.29, 1.82) is 0 Å². The van der Waals surface area contributed by atoms with E-state index in [9.17, 15) is 4.79 Å². The zero-order valence-corrected chi connectivity index (χ0v) is 7.47. The minimum absolute atomic E-state index is 0.0943. The number of hydrogen-bond acceptors (Lipinski definition) is 5. The van der Waals surface area contributed by atoms with Gasteiger partial charge in [-0.25, -0.2) is 4.79 Å². The van der Waals surface area contributed by atoms with Crippen LogP contribution in [0.15, 0.2) is 18.5 Å². The second kappa shape index (κ2) is 4.90. The highest BCUT2D eigenvalue weighted by molar-refractivity contribution is 5.64. The van der Waals surface area contributed by atoms with E-state index >= 15 is 0 Å². The Hall–Kier alpha value is -1.98. The Kier molecular flexibility index (Phi) is 3.54. The fourth-order valence-corrected chi connectivity index (χ4v) is 0.819. The van der Waals surface area contributed by atoms with Gasteiger partial charge in [0.25, 0.3) is 0 Å². The summed E-state index contributed by atoms with van der Waals surface area (Å²) in [6.45, 7) is 0.300. The zero-order valence-electron chi connectivity index (χ0n) is 7.47. The molecule has 1 aromatic heterocycles. The lowest BCUT2D eigenvalue weighted by molar-refractivity contribution is 0.134. The Morgan fingerprint density at radius 2 is 2.29 bits per heavy atom. The lowest BCUT2D eigenvalue weighted by Gasteiger charge is -2.07. The second-order valence-electron chi connectivity index (χ2n) is 2.43. The number of ether oxygens (including phenoxy) is 2. The quantitative estimate of drug-likeness (QED) is 0.668. The number of anilines is 1. The Morgan fingerprint density at radius 3 is 2.93 bits per heavy atom. The van der Waals surface area contributed by atoms with Gasteiger partial charge in [-0.3, -0.25) is 4.98 Å². The summed E-state index contributed by atoms with van der Waals surface area (Å²) < 4.78 is 9.65. The van der Waals surface area contributed by atoms with Gasteiger partial charge in [-0.15, -0.1) is 0 Å². The smallest absolute Gasteiger partial charge is 0.404 e. The monoisotopic (exact) mass is 197 g/mol. The summed E-state index contributed by atoms with van der Waals surface area (Å²) in [4.78, 5) is 14.0. The largest absolute Gasteiger partial charge is 0.488 e. The van der Waals surface area contributed by atoms with Crippen LogP contribution in [0.3, 0.4) is 0 Å². The molecule has 0 aliphatic carbocycles. The van der Waals surface area contributed by atoms with Crippen LogP contribution in [0.1, 0.15) is 0 Å². The third kappa shape index (κ3) is 3.18. The lowest BCUT2D eigenvalue weighted by atomic mass is 10.4. The number of primary amides is 1. The highest BCUT2D eigenvalue weighted by atomic mass is 16.6. The van der Waals surface area contributed by atoms with E-state index < -0.39 is 6.09 Å². The summed E-state index contributed by atoms with van der Waals surface area (Å²) in [5.74, 6) is 0.507. The van der Waals surface area contributed by atoms with E-state index in [0.29, 0.717) is 11.4 Å². The third-order valence-electron chi connectivity index (χ3n) is 1.40. The summed E-state index contributed by atoms with van der Waals surface area (Å²) in [5, 5.41) is 0. The van der Waals surface area contributed by atoms with E-state index in [1.807, 2.05) is 0 Å². The standard InChI is InChI=1S/C8H11N3O3/c9-6-5-11-2-1-7(6)13-3-4-14-8(10)12/h1-2,5H,3-4,9H2,(H2,10,12). The van der Waals surface area contributed by atoms with Crippen LogP contribution in [0.4, 0.5) is 10.5 Å². The van der Waals surface area contributed by atoms with E-state index in [2.05, 4.69) is 9.72 Å². The molecular formula is C8H11N3O3. The van der Waals surface area contributed by atoms with Crippen LogP contribution >= 0.6 is 0 Å².